The third-order valence-electron chi connectivity index (χ3n) is 6.76. The highest BCUT2D eigenvalue weighted by atomic mass is 16.5. The molecule has 202 valence electrons. The number of aliphatic hydroxyl groups excluding tert-OH is 1. The number of nitrogens with zero attached hydrogens (tertiary/aromatic N) is 1. The summed E-state index contributed by atoms with van der Waals surface area (Å²) in [5.74, 6) is 0.218. The quantitative estimate of drug-likeness (QED) is 0.136. The van der Waals surface area contributed by atoms with Gasteiger partial charge in [-0.2, -0.15) is 0 Å². The van der Waals surface area contributed by atoms with Gasteiger partial charge in [0, 0.05) is 12.1 Å². The Bertz CT molecular complexity index is 1510. The van der Waals surface area contributed by atoms with Crippen LogP contribution in [0.1, 0.15) is 36.1 Å². The maximum absolute atomic E-state index is 13.5. The Balaban J connectivity index is 1.56. The number of Topliss-reactive ketones (excluding diaryl/α,β-unsaturated/α-hetero) is 1. The van der Waals surface area contributed by atoms with Crippen LogP contribution in [-0.2, 0) is 16.0 Å². The molecule has 0 bridgehead atoms. The molecular formula is C34H31NO5. The van der Waals surface area contributed by atoms with E-state index >= 15 is 0 Å². The number of rotatable bonds is 10. The van der Waals surface area contributed by atoms with E-state index in [-0.39, 0.29) is 11.3 Å². The van der Waals surface area contributed by atoms with E-state index in [0.29, 0.717) is 47.9 Å². The van der Waals surface area contributed by atoms with Gasteiger partial charge in [0.2, 0.25) is 0 Å². The number of benzene rings is 4. The number of ketones is 1. The van der Waals surface area contributed by atoms with E-state index in [1.54, 1.807) is 29.2 Å². The number of carbonyl (C=O) groups is 2. The average Bonchev–Trinajstić information content (AvgIpc) is 3.25. The van der Waals surface area contributed by atoms with Gasteiger partial charge in [0.1, 0.15) is 23.0 Å². The first kappa shape index (κ1) is 26.8. The molecule has 1 heterocycles. The smallest absolute Gasteiger partial charge is 0.295 e. The molecule has 6 nitrogen and oxygen atoms in total. The zero-order valence-electron chi connectivity index (χ0n) is 22.3. The number of amides is 1. The Hall–Kier alpha value is -4.84. The lowest BCUT2D eigenvalue weighted by Crippen LogP contribution is -2.31. The van der Waals surface area contributed by atoms with Crippen molar-refractivity contribution in [1.29, 1.82) is 0 Å². The largest absolute Gasteiger partial charge is 0.507 e. The molecule has 0 saturated carbocycles. The topological polar surface area (TPSA) is 76.1 Å². The van der Waals surface area contributed by atoms with E-state index in [1.807, 2.05) is 91.9 Å². The molecule has 1 aliphatic heterocycles. The highest BCUT2D eigenvalue weighted by Crippen LogP contribution is 2.41. The second-order valence-electron chi connectivity index (χ2n) is 9.59. The summed E-state index contributed by atoms with van der Waals surface area (Å²) in [4.78, 5) is 28.4. The SMILES string of the molecule is CCCOc1cccc(C(O)=C2C(=O)C(=O)N(CCc3ccccc3)C2c2cccc(Oc3ccccc3)c2)c1. The number of aliphatic hydroxyl groups is 1. The van der Waals surface area contributed by atoms with Gasteiger partial charge in [0.25, 0.3) is 11.7 Å². The first-order valence-electron chi connectivity index (χ1n) is 13.4. The molecule has 4 aromatic rings. The number of hydrogen-bond donors (Lipinski definition) is 1. The first-order chi connectivity index (χ1) is 19.5. The van der Waals surface area contributed by atoms with Gasteiger partial charge in [0.05, 0.1) is 18.2 Å². The van der Waals surface area contributed by atoms with E-state index in [9.17, 15) is 14.7 Å². The summed E-state index contributed by atoms with van der Waals surface area (Å²) in [5.41, 5.74) is 2.17. The van der Waals surface area contributed by atoms with Crippen LogP contribution in [0.2, 0.25) is 0 Å². The maximum Gasteiger partial charge on any atom is 0.295 e. The zero-order valence-corrected chi connectivity index (χ0v) is 22.3. The van der Waals surface area contributed by atoms with Crippen molar-refractivity contribution >= 4 is 17.4 Å². The molecule has 0 radical (unpaired) electrons. The highest BCUT2D eigenvalue weighted by Gasteiger charge is 2.46. The Kier molecular flexibility index (Phi) is 8.26. The molecule has 5 rings (SSSR count). The predicted molar refractivity (Wildman–Crippen MR) is 154 cm³/mol. The van der Waals surface area contributed by atoms with E-state index < -0.39 is 17.7 Å². The van der Waals surface area contributed by atoms with Crippen LogP contribution >= 0.6 is 0 Å². The molecule has 1 fully saturated rings. The fraction of sp³-hybridized carbons (Fsp3) is 0.176. The molecule has 1 amide bonds. The first-order valence-corrected chi connectivity index (χ1v) is 13.4. The third-order valence-corrected chi connectivity index (χ3v) is 6.76. The van der Waals surface area contributed by atoms with Crippen molar-refractivity contribution in [3.05, 3.63) is 131 Å². The van der Waals surface area contributed by atoms with Crippen molar-refractivity contribution < 1.29 is 24.2 Å². The standard InChI is InChI=1S/C34H31NO5/c1-2-21-39-28-17-10-14-26(23-28)32(36)30-31(25-13-9-18-29(22-25)40-27-15-7-4-8-16-27)35(34(38)33(30)37)20-19-24-11-5-3-6-12-24/h3-18,22-23,31,36H,2,19-21H2,1H3. The van der Waals surface area contributed by atoms with Crippen molar-refractivity contribution in [2.45, 2.75) is 25.8 Å². The summed E-state index contributed by atoms with van der Waals surface area (Å²) in [6.07, 6.45) is 1.40. The normalized spacial score (nSPS) is 16.2. The van der Waals surface area contributed by atoms with Crippen LogP contribution in [0.3, 0.4) is 0 Å². The zero-order chi connectivity index (χ0) is 27.9. The van der Waals surface area contributed by atoms with Gasteiger partial charge >= 0.3 is 0 Å². The fourth-order valence-electron chi connectivity index (χ4n) is 4.83. The summed E-state index contributed by atoms with van der Waals surface area (Å²) < 4.78 is 11.8. The van der Waals surface area contributed by atoms with Gasteiger partial charge < -0.3 is 19.5 Å². The molecule has 0 aliphatic carbocycles. The van der Waals surface area contributed by atoms with Crippen LogP contribution in [-0.4, -0.2) is 34.8 Å². The predicted octanol–water partition coefficient (Wildman–Crippen LogP) is 6.93. The molecule has 1 N–H and O–H groups in total. The number of hydrogen-bond acceptors (Lipinski definition) is 5. The molecule has 0 aromatic heterocycles. The van der Waals surface area contributed by atoms with Gasteiger partial charge in [-0.05, 0) is 60.4 Å². The molecule has 40 heavy (non-hydrogen) atoms. The second-order valence-corrected chi connectivity index (χ2v) is 9.59. The molecule has 0 spiro atoms. The molecule has 4 aromatic carbocycles. The van der Waals surface area contributed by atoms with Gasteiger partial charge in [-0.15, -0.1) is 0 Å². The monoisotopic (exact) mass is 533 g/mol. The number of likely N-dealkylation sites (tertiary alicyclic amines) is 1. The summed E-state index contributed by atoms with van der Waals surface area (Å²) >= 11 is 0. The van der Waals surface area contributed by atoms with Crippen molar-refractivity contribution in [3.8, 4) is 17.2 Å². The van der Waals surface area contributed by atoms with Crippen LogP contribution in [0.4, 0.5) is 0 Å². The van der Waals surface area contributed by atoms with Crippen molar-refractivity contribution in [1.82, 2.24) is 4.90 Å². The van der Waals surface area contributed by atoms with Gasteiger partial charge in [-0.25, -0.2) is 0 Å². The lowest BCUT2D eigenvalue weighted by molar-refractivity contribution is -0.139. The summed E-state index contributed by atoms with van der Waals surface area (Å²) in [6.45, 7) is 2.85. The Morgan fingerprint density at radius 3 is 2.23 bits per heavy atom. The second kappa shape index (κ2) is 12.3. The Morgan fingerprint density at radius 2 is 1.48 bits per heavy atom. The van der Waals surface area contributed by atoms with Gasteiger partial charge in [-0.3, -0.25) is 9.59 Å². The molecule has 1 unspecified atom stereocenters. The summed E-state index contributed by atoms with van der Waals surface area (Å²) in [7, 11) is 0. The number of ether oxygens (including phenoxy) is 2. The minimum atomic E-state index is -0.789. The van der Waals surface area contributed by atoms with E-state index in [0.717, 1.165) is 12.0 Å². The molecule has 1 saturated heterocycles. The van der Waals surface area contributed by atoms with Crippen molar-refractivity contribution in [2.75, 3.05) is 13.2 Å². The summed E-state index contributed by atoms with van der Waals surface area (Å²) in [5, 5.41) is 11.5. The minimum absolute atomic E-state index is 0.0440. The average molecular weight is 534 g/mol. The summed E-state index contributed by atoms with van der Waals surface area (Å²) in [6, 6.07) is 32.6. The minimum Gasteiger partial charge on any atom is -0.507 e. The fourth-order valence-corrected chi connectivity index (χ4v) is 4.83. The Morgan fingerprint density at radius 1 is 0.800 bits per heavy atom. The number of carbonyl (C=O) groups excluding carboxylic acids is 2. The number of para-hydroxylation sites is 1. The van der Waals surface area contributed by atoms with E-state index in [4.69, 9.17) is 9.47 Å². The van der Waals surface area contributed by atoms with Crippen LogP contribution in [0, 0.1) is 0 Å². The molecule has 6 heteroatoms. The lowest BCUT2D eigenvalue weighted by atomic mass is 9.95. The van der Waals surface area contributed by atoms with Crippen LogP contribution < -0.4 is 9.47 Å². The van der Waals surface area contributed by atoms with Crippen LogP contribution in [0.15, 0.2) is 115 Å². The van der Waals surface area contributed by atoms with Crippen molar-refractivity contribution in [3.63, 3.8) is 0 Å². The maximum atomic E-state index is 13.5. The lowest BCUT2D eigenvalue weighted by Gasteiger charge is -2.26. The van der Waals surface area contributed by atoms with E-state index in [1.165, 1.54) is 0 Å². The van der Waals surface area contributed by atoms with Crippen LogP contribution in [0.25, 0.3) is 5.76 Å². The van der Waals surface area contributed by atoms with Crippen molar-refractivity contribution in [2.24, 2.45) is 0 Å². The molecule has 1 atom stereocenters. The highest BCUT2D eigenvalue weighted by molar-refractivity contribution is 6.46. The Labute approximate surface area is 234 Å². The third kappa shape index (κ3) is 5.91. The van der Waals surface area contributed by atoms with Gasteiger partial charge in [0.15, 0.2) is 0 Å². The molecule has 1 aliphatic rings. The van der Waals surface area contributed by atoms with Crippen LogP contribution in [0.5, 0.6) is 17.2 Å². The van der Waals surface area contributed by atoms with E-state index in [2.05, 4.69) is 0 Å². The molecular weight excluding hydrogens is 502 g/mol. The van der Waals surface area contributed by atoms with Gasteiger partial charge in [-0.1, -0.05) is 79.7 Å².